The highest BCUT2D eigenvalue weighted by Crippen LogP contribution is 2.24. The van der Waals surface area contributed by atoms with Crippen LogP contribution in [0.15, 0.2) is 18.2 Å². The second-order valence-electron chi connectivity index (χ2n) is 3.87. The van der Waals surface area contributed by atoms with Crippen molar-refractivity contribution in [3.8, 4) is 5.88 Å². The van der Waals surface area contributed by atoms with Gasteiger partial charge < -0.3 is 9.47 Å². The third-order valence-electron chi connectivity index (χ3n) is 2.55. The number of carbonyl (C=O) groups is 1. The molecule has 0 radical (unpaired) electrons. The SMILES string of the molecule is CCOC(=O)Nc1nc2c(C)cccc2nc1OC. The molecule has 0 aliphatic heterocycles. The van der Waals surface area contributed by atoms with Gasteiger partial charge in [-0.15, -0.1) is 0 Å². The molecule has 0 saturated carbocycles. The minimum atomic E-state index is -0.581. The summed E-state index contributed by atoms with van der Waals surface area (Å²) in [6, 6.07) is 5.66. The summed E-state index contributed by atoms with van der Waals surface area (Å²) < 4.78 is 9.94. The van der Waals surface area contributed by atoms with Gasteiger partial charge in [0, 0.05) is 0 Å². The van der Waals surface area contributed by atoms with Gasteiger partial charge in [0.05, 0.1) is 24.8 Å². The molecular formula is C13H15N3O3. The summed E-state index contributed by atoms with van der Waals surface area (Å²) in [6.45, 7) is 3.94. The van der Waals surface area contributed by atoms with Crippen LogP contribution in [0.1, 0.15) is 12.5 Å². The summed E-state index contributed by atoms with van der Waals surface area (Å²) in [5.41, 5.74) is 2.40. The lowest BCUT2D eigenvalue weighted by molar-refractivity contribution is 0.167. The van der Waals surface area contributed by atoms with E-state index in [1.807, 2.05) is 25.1 Å². The van der Waals surface area contributed by atoms with Gasteiger partial charge in [-0.2, -0.15) is 0 Å². The predicted molar refractivity (Wildman–Crippen MR) is 71.5 cm³/mol. The molecule has 0 bridgehead atoms. The summed E-state index contributed by atoms with van der Waals surface area (Å²) in [6.07, 6.45) is -0.581. The maximum atomic E-state index is 11.4. The molecule has 0 atom stereocenters. The van der Waals surface area contributed by atoms with E-state index in [1.165, 1.54) is 7.11 Å². The summed E-state index contributed by atoms with van der Waals surface area (Å²) in [5.74, 6) is 0.508. The summed E-state index contributed by atoms with van der Waals surface area (Å²) in [5, 5.41) is 2.52. The number of nitrogens with one attached hydrogen (secondary N) is 1. The average Bonchev–Trinajstić information content (AvgIpc) is 2.39. The lowest BCUT2D eigenvalue weighted by Gasteiger charge is -2.10. The molecule has 1 heterocycles. The Balaban J connectivity index is 2.46. The highest BCUT2D eigenvalue weighted by atomic mass is 16.5. The molecule has 0 aliphatic rings. The van der Waals surface area contributed by atoms with Gasteiger partial charge in [0.15, 0.2) is 5.82 Å². The number of amides is 1. The summed E-state index contributed by atoms with van der Waals surface area (Å²) >= 11 is 0. The first-order valence-corrected chi connectivity index (χ1v) is 5.90. The number of rotatable bonds is 3. The molecule has 1 N–H and O–H groups in total. The lowest BCUT2D eigenvalue weighted by Crippen LogP contribution is -2.15. The van der Waals surface area contributed by atoms with Crippen LogP contribution in [0, 0.1) is 6.92 Å². The van der Waals surface area contributed by atoms with Crippen LogP contribution in [-0.2, 0) is 4.74 Å². The minimum Gasteiger partial charge on any atom is -0.478 e. The average molecular weight is 261 g/mol. The Kier molecular flexibility index (Phi) is 3.79. The maximum absolute atomic E-state index is 11.4. The zero-order valence-corrected chi connectivity index (χ0v) is 11.1. The van der Waals surface area contributed by atoms with E-state index in [0.29, 0.717) is 5.52 Å². The van der Waals surface area contributed by atoms with Gasteiger partial charge in [-0.25, -0.2) is 14.8 Å². The third-order valence-corrected chi connectivity index (χ3v) is 2.55. The van der Waals surface area contributed by atoms with Crippen LogP contribution >= 0.6 is 0 Å². The molecule has 1 aromatic heterocycles. The maximum Gasteiger partial charge on any atom is 0.412 e. The Labute approximate surface area is 110 Å². The van der Waals surface area contributed by atoms with Gasteiger partial charge in [-0.3, -0.25) is 5.32 Å². The van der Waals surface area contributed by atoms with Crippen molar-refractivity contribution >= 4 is 22.9 Å². The molecule has 0 unspecified atom stereocenters. The minimum absolute atomic E-state index is 0.253. The number of aryl methyl sites for hydroxylation is 1. The Morgan fingerprint density at radius 3 is 2.84 bits per heavy atom. The molecule has 100 valence electrons. The number of fused-ring (bicyclic) bond motifs is 1. The van der Waals surface area contributed by atoms with E-state index in [2.05, 4.69) is 15.3 Å². The number of aromatic nitrogens is 2. The summed E-state index contributed by atoms with van der Waals surface area (Å²) in [4.78, 5) is 20.1. The fourth-order valence-electron chi connectivity index (χ4n) is 1.69. The van der Waals surface area contributed by atoms with E-state index < -0.39 is 6.09 Å². The third kappa shape index (κ3) is 2.73. The number of carbonyl (C=O) groups excluding carboxylic acids is 1. The molecule has 6 nitrogen and oxygen atoms in total. The molecular weight excluding hydrogens is 246 g/mol. The summed E-state index contributed by atoms with van der Waals surface area (Å²) in [7, 11) is 1.47. The van der Waals surface area contributed by atoms with E-state index >= 15 is 0 Å². The second-order valence-corrected chi connectivity index (χ2v) is 3.87. The van der Waals surface area contributed by atoms with Crippen molar-refractivity contribution in [2.45, 2.75) is 13.8 Å². The molecule has 2 rings (SSSR count). The number of hydrogen-bond acceptors (Lipinski definition) is 5. The molecule has 0 aliphatic carbocycles. The number of para-hydroxylation sites is 1. The van der Waals surface area contributed by atoms with Crippen molar-refractivity contribution in [1.82, 2.24) is 9.97 Å². The van der Waals surface area contributed by atoms with Crippen LogP contribution in [-0.4, -0.2) is 29.8 Å². The van der Waals surface area contributed by atoms with Crippen LogP contribution in [0.2, 0.25) is 0 Å². The van der Waals surface area contributed by atoms with Crippen molar-refractivity contribution in [2.75, 3.05) is 19.0 Å². The van der Waals surface area contributed by atoms with Gasteiger partial charge in [-0.05, 0) is 25.5 Å². The van der Waals surface area contributed by atoms with Gasteiger partial charge in [0.1, 0.15) is 0 Å². The number of ether oxygens (including phenoxy) is 2. The lowest BCUT2D eigenvalue weighted by atomic mass is 10.2. The zero-order valence-electron chi connectivity index (χ0n) is 11.1. The molecule has 0 saturated heterocycles. The molecule has 1 aromatic carbocycles. The first-order chi connectivity index (χ1) is 9.15. The molecule has 0 fully saturated rings. The van der Waals surface area contributed by atoms with Crippen molar-refractivity contribution < 1.29 is 14.3 Å². The molecule has 6 heteroatoms. The van der Waals surface area contributed by atoms with Crippen molar-refractivity contribution in [1.29, 1.82) is 0 Å². The number of anilines is 1. The Morgan fingerprint density at radius 2 is 2.16 bits per heavy atom. The van der Waals surface area contributed by atoms with E-state index in [-0.39, 0.29) is 18.3 Å². The predicted octanol–water partition coefficient (Wildman–Crippen LogP) is 2.52. The number of benzene rings is 1. The highest BCUT2D eigenvalue weighted by molar-refractivity contribution is 5.88. The first kappa shape index (κ1) is 13.1. The van der Waals surface area contributed by atoms with Crippen molar-refractivity contribution in [3.63, 3.8) is 0 Å². The number of nitrogens with zero attached hydrogens (tertiary/aromatic N) is 2. The largest absolute Gasteiger partial charge is 0.478 e. The van der Waals surface area contributed by atoms with Crippen LogP contribution in [0.3, 0.4) is 0 Å². The number of methoxy groups -OCH3 is 1. The van der Waals surface area contributed by atoms with Gasteiger partial charge in [0.25, 0.3) is 5.88 Å². The number of hydrogen-bond donors (Lipinski definition) is 1. The molecule has 2 aromatic rings. The standard InChI is InChI=1S/C13H15N3O3/c1-4-19-13(17)16-11-12(18-3)14-9-7-5-6-8(2)10(9)15-11/h5-7H,4H2,1-3H3,(H,15,16,17). The van der Waals surface area contributed by atoms with Crippen LogP contribution in [0.5, 0.6) is 5.88 Å². The second kappa shape index (κ2) is 5.51. The Hall–Kier alpha value is -2.37. The Morgan fingerprint density at radius 1 is 1.37 bits per heavy atom. The fraction of sp³-hybridized carbons (Fsp3) is 0.308. The monoisotopic (exact) mass is 261 g/mol. The van der Waals surface area contributed by atoms with Crippen LogP contribution < -0.4 is 10.1 Å². The van der Waals surface area contributed by atoms with Crippen molar-refractivity contribution in [3.05, 3.63) is 23.8 Å². The van der Waals surface area contributed by atoms with Gasteiger partial charge in [-0.1, -0.05) is 12.1 Å². The van der Waals surface area contributed by atoms with E-state index in [4.69, 9.17) is 9.47 Å². The van der Waals surface area contributed by atoms with Gasteiger partial charge in [0.2, 0.25) is 0 Å². The van der Waals surface area contributed by atoms with Crippen molar-refractivity contribution in [2.24, 2.45) is 0 Å². The normalized spacial score (nSPS) is 10.3. The van der Waals surface area contributed by atoms with E-state index in [1.54, 1.807) is 6.92 Å². The topological polar surface area (TPSA) is 73.3 Å². The smallest absolute Gasteiger partial charge is 0.412 e. The quantitative estimate of drug-likeness (QED) is 0.919. The fourth-order valence-corrected chi connectivity index (χ4v) is 1.69. The van der Waals surface area contributed by atoms with Crippen LogP contribution in [0.25, 0.3) is 11.0 Å². The molecule has 1 amide bonds. The van der Waals surface area contributed by atoms with Crippen LogP contribution in [0.4, 0.5) is 10.6 Å². The first-order valence-electron chi connectivity index (χ1n) is 5.90. The van der Waals surface area contributed by atoms with Gasteiger partial charge >= 0.3 is 6.09 Å². The van der Waals surface area contributed by atoms with E-state index in [9.17, 15) is 4.79 Å². The molecule has 19 heavy (non-hydrogen) atoms. The zero-order chi connectivity index (χ0) is 13.8. The molecule has 0 spiro atoms. The highest BCUT2D eigenvalue weighted by Gasteiger charge is 2.13. The van der Waals surface area contributed by atoms with E-state index in [0.717, 1.165) is 11.1 Å². The Bertz CT molecular complexity index is 613.